The lowest BCUT2D eigenvalue weighted by molar-refractivity contribution is -0.131. The Kier molecular flexibility index (Phi) is 7.41. The molecule has 1 aromatic rings. The molecule has 0 spiro atoms. The minimum absolute atomic E-state index is 0. The van der Waals surface area contributed by atoms with Crippen LogP contribution >= 0.6 is 12.4 Å². The first-order chi connectivity index (χ1) is 12.2. The van der Waals surface area contributed by atoms with Gasteiger partial charge in [-0.1, -0.05) is 6.07 Å². The Morgan fingerprint density at radius 1 is 1.08 bits per heavy atom. The number of hydrogen-bond donors (Lipinski definition) is 1. The second-order valence-electron chi connectivity index (χ2n) is 6.76. The predicted octanol–water partition coefficient (Wildman–Crippen LogP) is 2.42. The molecule has 0 saturated carbocycles. The summed E-state index contributed by atoms with van der Waals surface area (Å²) in [6, 6.07) is 4.86. The highest BCUT2D eigenvalue weighted by molar-refractivity contribution is 5.85. The van der Waals surface area contributed by atoms with E-state index in [0.717, 1.165) is 25.1 Å². The van der Waals surface area contributed by atoms with Gasteiger partial charge in [-0.2, -0.15) is 0 Å². The first-order valence-electron chi connectivity index (χ1n) is 8.98. The molecule has 0 aliphatic carbocycles. The number of benzene rings is 1. The number of carbonyl (C=O) groups is 1. The molecule has 1 amide bonds. The van der Waals surface area contributed by atoms with Crippen LogP contribution in [0.3, 0.4) is 0 Å². The van der Waals surface area contributed by atoms with E-state index in [2.05, 4.69) is 5.32 Å². The van der Waals surface area contributed by atoms with E-state index < -0.39 is 0 Å². The fourth-order valence-corrected chi connectivity index (χ4v) is 3.93. The highest BCUT2D eigenvalue weighted by atomic mass is 35.5. The van der Waals surface area contributed by atoms with Gasteiger partial charge in [0.05, 0.1) is 21.3 Å². The summed E-state index contributed by atoms with van der Waals surface area (Å²) in [5, 5.41) is 3.61. The normalized spacial score (nSPS) is 21.6. The Balaban J connectivity index is 0.00000243. The quantitative estimate of drug-likeness (QED) is 0.816. The Labute approximate surface area is 161 Å². The molecule has 0 radical (unpaired) electrons. The summed E-state index contributed by atoms with van der Waals surface area (Å²) in [6.45, 7) is 1.69. The maximum absolute atomic E-state index is 12.7. The van der Waals surface area contributed by atoms with Crippen molar-refractivity contribution >= 4 is 18.3 Å². The zero-order valence-corrected chi connectivity index (χ0v) is 16.6. The van der Waals surface area contributed by atoms with Gasteiger partial charge >= 0.3 is 0 Å². The average Bonchev–Trinajstić information content (AvgIpc) is 2.97. The zero-order chi connectivity index (χ0) is 17.8. The zero-order valence-electron chi connectivity index (χ0n) is 15.7. The molecule has 2 fully saturated rings. The van der Waals surface area contributed by atoms with Crippen molar-refractivity contribution in [2.75, 3.05) is 34.4 Å². The topological polar surface area (TPSA) is 60.0 Å². The van der Waals surface area contributed by atoms with Gasteiger partial charge in [-0.15, -0.1) is 12.4 Å². The number of halogens is 1. The van der Waals surface area contributed by atoms with E-state index in [9.17, 15) is 4.79 Å². The minimum atomic E-state index is 0. The molecule has 0 aromatic heterocycles. The Morgan fingerprint density at radius 2 is 1.81 bits per heavy atom. The summed E-state index contributed by atoms with van der Waals surface area (Å²) in [4.78, 5) is 14.7. The molecular weight excluding hydrogens is 356 g/mol. The van der Waals surface area contributed by atoms with Crippen LogP contribution in [-0.2, 0) is 11.2 Å². The van der Waals surface area contributed by atoms with Gasteiger partial charge in [0, 0.05) is 31.6 Å². The SMILES string of the molecule is COc1ccc(CCC(=O)N2CCC3CCC(C2)N3)c(OC)c1OC.Cl. The molecule has 2 bridgehead atoms. The summed E-state index contributed by atoms with van der Waals surface area (Å²) in [5.41, 5.74) is 0.961. The summed E-state index contributed by atoms with van der Waals surface area (Å²) in [5.74, 6) is 2.06. The molecule has 2 heterocycles. The minimum Gasteiger partial charge on any atom is -0.493 e. The maximum Gasteiger partial charge on any atom is 0.222 e. The summed E-state index contributed by atoms with van der Waals surface area (Å²) in [7, 11) is 4.80. The monoisotopic (exact) mass is 384 g/mol. The predicted molar refractivity (Wildman–Crippen MR) is 103 cm³/mol. The van der Waals surface area contributed by atoms with Crippen molar-refractivity contribution in [1.29, 1.82) is 0 Å². The number of nitrogens with zero attached hydrogens (tertiary/aromatic N) is 1. The smallest absolute Gasteiger partial charge is 0.222 e. The number of ether oxygens (including phenoxy) is 3. The van der Waals surface area contributed by atoms with Crippen LogP contribution in [0.15, 0.2) is 12.1 Å². The van der Waals surface area contributed by atoms with Crippen molar-refractivity contribution in [2.24, 2.45) is 0 Å². The van der Waals surface area contributed by atoms with E-state index in [0.29, 0.717) is 42.2 Å². The van der Waals surface area contributed by atoms with Gasteiger partial charge < -0.3 is 24.4 Å². The van der Waals surface area contributed by atoms with Gasteiger partial charge in [-0.05, 0) is 37.3 Å². The van der Waals surface area contributed by atoms with Crippen molar-refractivity contribution in [3.63, 3.8) is 0 Å². The number of methoxy groups -OCH3 is 3. The number of carbonyl (C=O) groups excluding carboxylic acids is 1. The number of aryl methyl sites for hydroxylation is 1. The molecule has 6 nitrogen and oxygen atoms in total. The van der Waals surface area contributed by atoms with Crippen LogP contribution in [0.5, 0.6) is 17.2 Å². The summed E-state index contributed by atoms with van der Waals surface area (Å²) >= 11 is 0. The number of rotatable bonds is 6. The van der Waals surface area contributed by atoms with Crippen molar-refractivity contribution in [3.8, 4) is 17.2 Å². The summed E-state index contributed by atoms with van der Waals surface area (Å²) < 4.78 is 16.2. The van der Waals surface area contributed by atoms with E-state index in [1.54, 1.807) is 21.3 Å². The lowest BCUT2D eigenvalue weighted by Gasteiger charge is -2.24. The summed E-state index contributed by atoms with van der Waals surface area (Å²) in [6.07, 6.45) is 4.58. The Hall–Kier alpha value is -1.66. The van der Waals surface area contributed by atoms with Gasteiger partial charge in [0.1, 0.15) is 0 Å². The largest absolute Gasteiger partial charge is 0.493 e. The highest BCUT2D eigenvalue weighted by Gasteiger charge is 2.31. The van der Waals surface area contributed by atoms with E-state index in [1.807, 2.05) is 17.0 Å². The molecule has 3 rings (SSSR count). The molecule has 2 unspecified atom stereocenters. The van der Waals surface area contributed by atoms with Crippen LogP contribution in [0.2, 0.25) is 0 Å². The van der Waals surface area contributed by atoms with Gasteiger partial charge in [0.25, 0.3) is 0 Å². The van der Waals surface area contributed by atoms with Gasteiger partial charge in [-0.3, -0.25) is 4.79 Å². The van der Waals surface area contributed by atoms with Crippen molar-refractivity contribution in [3.05, 3.63) is 17.7 Å². The third-order valence-corrected chi connectivity index (χ3v) is 5.27. The van der Waals surface area contributed by atoms with E-state index >= 15 is 0 Å². The van der Waals surface area contributed by atoms with Crippen LogP contribution in [0, 0.1) is 0 Å². The maximum atomic E-state index is 12.7. The van der Waals surface area contributed by atoms with Crippen LogP contribution in [0.4, 0.5) is 0 Å². The lowest BCUT2D eigenvalue weighted by atomic mass is 10.1. The van der Waals surface area contributed by atoms with Crippen LogP contribution < -0.4 is 19.5 Å². The second-order valence-corrected chi connectivity index (χ2v) is 6.76. The number of nitrogens with one attached hydrogen (secondary N) is 1. The standard InChI is InChI=1S/C19H28N2O4.ClH/c1-23-16-8-4-13(18(24-2)19(16)25-3)5-9-17(22)21-11-10-14-6-7-15(12-21)20-14;/h4,8,14-15,20H,5-7,9-12H2,1-3H3;1H. The van der Waals surface area contributed by atoms with Crippen LogP contribution in [0.25, 0.3) is 0 Å². The molecule has 146 valence electrons. The average molecular weight is 385 g/mol. The van der Waals surface area contributed by atoms with Crippen LogP contribution in [0.1, 0.15) is 31.2 Å². The molecular formula is C19H29ClN2O4. The first-order valence-corrected chi connectivity index (χ1v) is 8.98. The highest BCUT2D eigenvalue weighted by Crippen LogP contribution is 2.40. The first kappa shape index (κ1) is 20.6. The third kappa shape index (κ3) is 4.35. The fourth-order valence-electron chi connectivity index (χ4n) is 3.93. The van der Waals surface area contributed by atoms with Crippen molar-refractivity contribution in [2.45, 2.75) is 44.2 Å². The Morgan fingerprint density at radius 3 is 2.50 bits per heavy atom. The number of likely N-dealkylation sites (tertiary alicyclic amines) is 1. The number of amides is 1. The molecule has 1 aromatic carbocycles. The number of fused-ring (bicyclic) bond motifs is 2. The van der Waals surface area contributed by atoms with Gasteiger partial charge in [0.15, 0.2) is 11.5 Å². The van der Waals surface area contributed by atoms with Crippen LogP contribution in [-0.4, -0.2) is 57.3 Å². The van der Waals surface area contributed by atoms with Gasteiger partial charge in [-0.25, -0.2) is 0 Å². The third-order valence-electron chi connectivity index (χ3n) is 5.27. The van der Waals surface area contributed by atoms with E-state index in [1.165, 1.54) is 12.8 Å². The molecule has 2 atom stereocenters. The fraction of sp³-hybridized carbons (Fsp3) is 0.632. The molecule has 26 heavy (non-hydrogen) atoms. The Bertz CT molecular complexity index is 626. The second kappa shape index (κ2) is 9.33. The lowest BCUT2D eigenvalue weighted by Crippen LogP contribution is -2.39. The molecule has 2 saturated heterocycles. The van der Waals surface area contributed by atoms with E-state index in [4.69, 9.17) is 14.2 Å². The molecule has 7 heteroatoms. The molecule has 2 aliphatic rings. The van der Waals surface area contributed by atoms with Crippen molar-refractivity contribution in [1.82, 2.24) is 10.2 Å². The van der Waals surface area contributed by atoms with Gasteiger partial charge in [0.2, 0.25) is 11.7 Å². The molecule has 2 aliphatic heterocycles. The van der Waals surface area contributed by atoms with Crippen molar-refractivity contribution < 1.29 is 19.0 Å². The number of hydrogen-bond acceptors (Lipinski definition) is 5. The molecule has 1 N–H and O–H groups in total. The van der Waals surface area contributed by atoms with E-state index in [-0.39, 0.29) is 18.3 Å².